The van der Waals surface area contributed by atoms with Gasteiger partial charge in [0.05, 0.1) is 5.02 Å². The van der Waals surface area contributed by atoms with E-state index in [0.717, 1.165) is 18.5 Å². The Morgan fingerprint density at radius 1 is 1.29 bits per heavy atom. The quantitative estimate of drug-likeness (QED) is 0.795. The molecule has 21 heavy (non-hydrogen) atoms. The zero-order valence-corrected chi connectivity index (χ0v) is 14.8. The first-order valence-corrected chi connectivity index (χ1v) is 9.17. The Hall–Kier alpha value is -0.620. The summed E-state index contributed by atoms with van der Waals surface area (Å²) in [7, 11) is -3.57. The highest BCUT2D eigenvalue weighted by atomic mass is 35.5. The number of benzene rings is 1. The van der Waals surface area contributed by atoms with Crippen molar-refractivity contribution in [1.29, 1.82) is 0 Å². The molecule has 1 rings (SSSR count). The van der Waals surface area contributed by atoms with Gasteiger partial charge in [0, 0.05) is 19.1 Å². The van der Waals surface area contributed by atoms with E-state index in [-0.39, 0.29) is 16.0 Å². The number of nitrogens with one attached hydrogen (secondary N) is 1. The zero-order valence-electron chi connectivity index (χ0n) is 13.2. The third kappa shape index (κ3) is 4.68. The molecule has 0 heterocycles. The molecule has 120 valence electrons. The van der Waals surface area contributed by atoms with Gasteiger partial charge in [-0.2, -0.15) is 4.31 Å². The average Bonchev–Trinajstić information content (AvgIpc) is 2.43. The van der Waals surface area contributed by atoms with Crippen molar-refractivity contribution in [3.63, 3.8) is 0 Å². The summed E-state index contributed by atoms with van der Waals surface area (Å²) in [6.07, 6.45) is 0.770. The lowest BCUT2D eigenvalue weighted by Crippen LogP contribution is -2.37. The molecule has 6 heteroatoms. The molecule has 1 aromatic rings. The van der Waals surface area contributed by atoms with Crippen molar-refractivity contribution in [2.24, 2.45) is 0 Å². The molecule has 0 amide bonds. The molecule has 0 aliphatic heterocycles. The van der Waals surface area contributed by atoms with Crippen LogP contribution in [0.1, 0.15) is 39.7 Å². The lowest BCUT2D eigenvalue weighted by atomic mass is 10.2. The number of sulfonamides is 1. The predicted molar refractivity (Wildman–Crippen MR) is 88.2 cm³/mol. The molecule has 0 aliphatic carbocycles. The Balaban J connectivity index is 3.22. The van der Waals surface area contributed by atoms with Gasteiger partial charge in [-0.3, -0.25) is 0 Å². The number of nitrogens with zero attached hydrogens (tertiary/aromatic N) is 1. The Morgan fingerprint density at radius 3 is 2.48 bits per heavy atom. The highest BCUT2D eigenvalue weighted by Gasteiger charge is 2.28. The van der Waals surface area contributed by atoms with E-state index in [1.165, 1.54) is 4.31 Å². The first-order valence-electron chi connectivity index (χ1n) is 7.35. The lowest BCUT2D eigenvalue weighted by Gasteiger charge is -2.26. The molecule has 0 bridgehead atoms. The van der Waals surface area contributed by atoms with Crippen LogP contribution >= 0.6 is 11.6 Å². The predicted octanol–water partition coefficient (Wildman–Crippen LogP) is 3.26. The number of hydrogen-bond acceptors (Lipinski definition) is 3. The fourth-order valence-electron chi connectivity index (χ4n) is 2.13. The smallest absolute Gasteiger partial charge is 0.244 e. The number of hydrogen-bond donors (Lipinski definition) is 1. The highest BCUT2D eigenvalue weighted by Crippen LogP contribution is 2.27. The standard InChI is InChI=1S/C15H25ClN2O2S/c1-5-9-18(12(3)4)21(19,20)15-10-13(11-17-6-2)7-8-14(15)16/h7-8,10,12,17H,5-6,9,11H2,1-4H3. The first kappa shape index (κ1) is 18.4. The Bertz CT molecular complexity index is 559. The molecule has 0 fully saturated rings. The molecule has 0 unspecified atom stereocenters. The second-order valence-electron chi connectivity index (χ2n) is 5.25. The van der Waals surface area contributed by atoms with Crippen LogP contribution in [0.3, 0.4) is 0 Å². The van der Waals surface area contributed by atoms with E-state index in [2.05, 4.69) is 5.32 Å². The van der Waals surface area contributed by atoms with Crippen LogP contribution in [-0.4, -0.2) is 31.9 Å². The van der Waals surface area contributed by atoms with Crippen molar-refractivity contribution in [3.05, 3.63) is 28.8 Å². The molecule has 0 aliphatic rings. The molecule has 0 atom stereocenters. The first-order chi connectivity index (χ1) is 9.84. The van der Waals surface area contributed by atoms with Gasteiger partial charge in [-0.05, 0) is 44.5 Å². The van der Waals surface area contributed by atoms with E-state index >= 15 is 0 Å². The van der Waals surface area contributed by atoms with Crippen LogP contribution in [-0.2, 0) is 16.6 Å². The van der Waals surface area contributed by atoms with Crippen molar-refractivity contribution in [2.75, 3.05) is 13.1 Å². The van der Waals surface area contributed by atoms with Crippen molar-refractivity contribution in [3.8, 4) is 0 Å². The van der Waals surface area contributed by atoms with Gasteiger partial charge in [0.25, 0.3) is 0 Å². The maximum Gasteiger partial charge on any atom is 0.244 e. The van der Waals surface area contributed by atoms with Gasteiger partial charge in [0.2, 0.25) is 10.0 Å². The molecular formula is C15H25ClN2O2S. The maximum atomic E-state index is 12.8. The van der Waals surface area contributed by atoms with E-state index < -0.39 is 10.0 Å². The molecule has 0 spiro atoms. The summed E-state index contributed by atoms with van der Waals surface area (Å²) in [5, 5.41) is 3.46. The van der Waals surface area contributed by atoms with Gasteiger partial charge in [-0.25, -0.2) is 8.42 Å². The van der Waals surface area contributed by atoms with Crippen LogP contribution in [0.4, 0.5) is 0 Å². The molecule has 0 saturated heterocycles. The van der Waals surface area contributed by atoms with Crippen LogP contribution in [0.2, 0.25) is 5.02 Å². The van der Waals surface area contributed by atoms with Crippen LogP contribution in [0.5, 0.6) is 0 Å². The van der Waals surface area contributed by atoms with Gasteiger partial charge in [0.1, 0.15) is 4.90 Å². The van der Waals surface area contributed by atoms with Crippen LogP contribution < -0.4 is 5.32 Å². The summed E-state index contributed by atoms with van der Waals surface area (Å²) in [6, 6.07) is 5.09. The Labute approximate surface area is 133 Å². The fourth-order valence-corrected chi connectivity index (χ4v) is 4.38. The summed E-state index contributed by atoms with van der Waals surface area (Å²) in [5.41, 5.74) is 0.917. The van der Waals surface area contributed by atoms with E-state index in [1.54, 1.807) is 12.1 Å². The zero-order chi connectivity index (χ0) is 16.0. The average molecular weight is 333 g/mol. The minimum Gasteiger partial charge on any atom is -0.313 e. The maximum absolute atomic E-state index is 12.8. The Kier molecular flexibility index (Phi) is 7.13. The fraction of sp³-hybridized carbons (Fsp3) is 0.600. The minimum atomic E-state index is -3.57. The molecule has 1 N–H and O–H groups in total. The summed E-state index contributed by atoms with van der Waals surface area (Å²) in [6.45, 7) is 9.69. The van der Waals surface area contributed by atoms with Crippen molar-refractivity contribution >= 4 is 21.6 Å². The van der Waals surface area contributed by atoms with Gasteiger partial charge in [-0.1, -0.05) is 31.5 Å². The minimum absolute atomic E-state index is 0.0940. The van der Waals surface area contributed by atoms with Gasteiger partial charge in [0.15, 0.2) is 0 Å². The SMILES string of the molecule is CCCN(C(C)C)S(=O)(=O)c1cc(CNCC)ccc1Cl. The van der Waals surface area contributed by atoms with E-state index in [1.807, 2.05) is 33.8 Å². The lowest BCUT2D eigenvalue weighted by molar-refractivity contribution is 0.354. The molecule has 0 aromatic heterocycles. The van der Waals surface area contributed by atoms with E-state index in [0.29, 0.717) is 13.1 Å². The highest BCUT2D eigenvalue weighted by molar-refractivity contribution is 7.89. The van der Waals surface area contributed by atoms with Crippen molar-refractivity contribution in [1.82, 2.24) is 9.62 Å². The topological polar surface area (TPSA) is 49.4 Å². The normalized spacial score (nSPS) is 12.3. The summed E-state index contributed by atoms with van der Waals surface area (Å²) in [4.78, 5) is 0.196. The third-order valence-electron chi connectivity index (χ3n) is 3.18. The second-order valence-corrected chi connectivity index (χ2v) is 7.52. The van der Waals surface area contributed by atoms with Gasteiger partial charge < -0.3 is 5.32 Å². The molecule has 0 radical (unpaired) electrons. The molecule has 1 aromatic carbocycles. The van der Waals surface area contributed by atoms with Crippen molar-refractivity contribution < 1.29 is 8.42 Å². The largest absolute Gasteiger partial charge is 0.313 e. The monoisotopic (exact) mass is 332 g/mol. The number of halogens is 1. The number of rotatable bonds is 8. The van der Waals surface area contributed by atoms with Gasteiger partial charge in [-0.15, -0.1) is 0 Å². The van der Waals surface area contributed by atoms with Gasteiger partial charge >= 0.3 is 0 Å². The van der Waals surface area contributed by atoms with E-state index in [9.17, 15) is 8.42 Å². The molecule has 4 nitrogen and oxygen atoms in total. The Morgan fingerprint density at radius 2 is 1.95 bits per heavy atom. The van der Waals surface area contributed by atoms with Crippen molar-refractivity contribution in [2.45, 2.75) is 51.6 Å². The van der Waals surface area contributed by atoms with Crippen LogP contribution in [0.25, 0.3) is 0 Å². The van der Waals surface area contributed by atoms with E-state index in [4.69, 9.17) is 11.6 Å². The van der Waals surface area contributed by atoms with Crippen LogP contribution in [0, 0.1) is 0 Å². The van der Waals surface area contributed by atoms with Crippen LogP contribution in [0.15, 0.2) is 23.1 Å². The summed E-state index contributed by atoms with van der Waals surface area (Å²) < 4.78 is 27.2. The second kappa shape index (κ2) is 8.13. The molecule has 0 saturated carbocycles. The third-order valence-corrected chi connectivity index (χ3v) is 5.74. The summed E-state index contributed by atoms with van der Waals surface area (Å²) >= 11 is 6.14. The molecular weight excluding hydrogens is 308 g/mol. The summed E-state index contributed by atoms with van der Waals surface area (Å²) in [5.74, 6) is 0.